The average molecular weight is 375 g/mol. The van der Waals surface area contributed by atoms with Crippen LogP contribution in [0.3, 0.4) is 0 Å². The number of carbonyl (C=O) groups excluding carboxylic acids is 2. The van der Waals surface area contributed by atoms with Gasteiger partial charge in [0, 0.05) is 24.2 Å². The highest BCUT2D eigenvalue weighted by atomic mass is 16.2. The summed E-state index contributed by atoms with van der Waals surface area (Å²) < 4.78 is 1.88. The Morgan fingerprint density at radius 1 is 0.929 bits per heavy atom. The van der Waals surface area contributed by atoms with Crippen LogP contribution < -0.4 is 5.32 Å². The Bertz CT molecular complexity index is 947. The van der Waals surface area contributed by atoms with Crippen molar-refractivity contribution < 1.29 is 9.59 Å². The van der Waals surface area contributed by atoms with Crippen LogP contribution in [-0.2, 0) is 0 Å². The summed E-state index contributed by atoms with van der Waals surface area (Å²) in [6, 6.07) is 18.5. The third-order valence-corrected chi connectivity index (χ3v) is 4.96. The molecular formula is C21H21N5O2. The van der Waals surface area contributed by atoms with Crippen LogP contribution in [0.15, 0.2) is 66.9 Å². The topological polar surface area (TPSA) is 80.1 Å². The lowest BCUT2D eigenvalue weighted by atomic mass is 10.1. The number of rotatable bonds is 3. The molecule has 1 aliphatic rings. The van der Waals surface area contributed by atoms with Gasteiger partial charge in [0.25, 0.3) is 5.91 Å². The second kappa shape index (κ2) is 8.04. The number of likely N-dealkylation sites (tertiary alicyclic amines) is 1. The van der Waals surface area contributed by atoms with E-state index >= 15 is 0 Å². The summed E-state index contributed by atoms with van der Waals surface area (Å²) in [5, 5.41) is 11.0. The molecule has 1 aliphatic heterocycles. The van der Waals surface area contributed by atoms with Gasteiger partial charge in [-0.05, 0) is 25.0 Å². The number of benzene rings is 2. The van der Waals surface area contributed by atoms with E-state index in [0.29, 0.717) is 18.7 Å². The van der Waals surface area contributed by atoms with Gasteiger partial charge in [-0.1, -0.05) is 53.7 Å². The van der Waals surface area contributed by atoms with Crippen LogP contribution in [0.4, 0.5) is 4.79 Å². The Balaban J connectivity index is 1.33. The van der Waals surface area contributed by atoms with Crippen LogP contribution in [0.2, 0.25) is 0 Å². The van der Waals surface area contributed by atoms with E-state index in [0.717, 1.165) is 24.1 Å². The van der Waals surface area contributed by atoms with Crippen molar-refractivity contribution in [3.63, 3.8) is 0 Å². The van der Waals surface area contributed by atoms with Gasteiger partial charge in [0.05, 0.1) is 12.2 Å². The van der Waals surface area contributed by atoms with Gasteiger partial charge in [-0.25, -0.2) is 9.48 Å². The first-order valence-electron chi connectivity index (χ1n) is 9.33. The molecule has 3 amide bonds. The smallest absolute Gasteiger partial charge is 0.324 e. The summed E-state index contributed by atoms with van der Waals surface area (Å²) in [4.78, 5) is 26.2. The van der Waals surface area contributed by atoms with E-state index in [4.69, 9.17) is 0 Å². The highest BCUT2D eigenvalue weighted by Crippen LogP contribution is 2.24. The van der Waals surface area contributed by atoms with Gasteiger partial charge in [0.15, 0.2) is 0 Å². The number of piperidine rings is 1. The molecule has 142 valence electrons. The Labute approximate surface area is 163 Å². The zero-order valence-electron chi connectivity index (χ0n) is 15.4. The maximum atomic E-state index is 12.4. The minimum absolute atomic E-state index is 0.193. The quantitative estimate of drug-likeness (QED) is 0.763. The zero-order valence-corrected chi connectivity index (χ0v) is 15.4. The van der Waals surface area contributed by atoms with Crippen LogP contribution in [-0.4, -0.2) is 44.9 Å². The fourth-order valence-electron chi connectivity index (χ4n) is 3.37. The third kappa shape index (κ3) is 3.93. The molecule has 7 nitrogen and oxygen atoms in total. The summed E-state index contributed by atoms with van der Waals surface area (Å²) in [6.45, 7) is 1.14. The van der Waals surface area contributed by atoms with E-state index in [1.54, 1.807) is 29.2 Å². The Morgan fingerprint density at radius 2 is 1.57 bits per heavy atom. The van der Waals surface area contributed by atoms with Crippen molar-refractivity contribution in [1.29, 1.82) is 0 Å². The van der Waals surface area contributed by atoms with E-state index < -0.39 is 0 Å². The van der Waals surface area contributed by atoms with Crippen molar-refractivity contribution in [2.24, 2.45) is 0 Å². The minimum atomic E-state index is -0.378. The standard InChI is InChI=1S/C21H21N5O2/c27-20(17-9-5-2-6-10-17)22-21(28)25-13-11-18(12-14-25)26-15-19(23-24-26)16-7-3-1-4-8-16/h1-10,15,18H,11-14H2,(H,22,27,28). The lowest BCUT2D eigenvalue weighted by molar-refractivity contribution is 0.0944. The molecule has 0 spiro atoms. The van der Waals surface area contributed by atoms with Crippen LogP contribution >= 0.6 is 0 Å². The molecular weight excluding hydrogens is 354 g/mol. The van der Waals surface area contributed by atoms with Gasteiger partial charge < -0.3 is 4.90 Å². The number of urea groups is 1. The molecule has 2 heterocycles. The summed E-state index contributed by atoms with van der Waals surface area (Å²) in [5.74, 6) is -0.378. The summed E-state index contributed by atoms with van der Waals surface area (Å²) in [5.41, 5.74) is 2.35. The molecule has 2 aromatic carbocycles. The average Bonchev–Trinajstić information content (AvgIpc) is 3.25. The maximum absolute atomic E-state index is 12.4. The van der Waals surface area contributed by atoms with Crippen LogP contribution in [0.5, 0.6) is 0 Å². The van der Waals surface area contributed by atoms with Gasteiger partial charge in [-0.15, -0.1) is 5.10 Å². The molecule has 1 saturated heterocycles. The summed E-state index contributed by atoms with van der Waals surface area (Å²) >= 11 is 0. The van der Waals surface area contributed by atoms with Crippen LogP contribution in [0, 0.1) is 0 Å². The molecule has 0 saturated carbocycles. The molecule has 1 fully saturated rings. The number of imide groups is 1. The highest BCUT2D eigenvalue weighted by molar-refractivity contribution is 6.04. The second-order valence-corrected chi connectivity index (χ2v) is 6.79. The fourth-order valence-corrected chi connectivity index (χ4v) is 3.37. The Morgan fingerprint density at radius 3 is 2.25 bits per heavy atom. The molecule has 0 radical (unpaired) electrons. The van der Waals surface area contributed by atoms with Crippen molar-refractivity contribution >= 4 is 11.9 Å². The van der Waals surface area contributed by atoms with Crippen molar-refractivity contribution in [2.45, 2.75) is 18.9 Å². The molecule has 7 heteroatoms. The first kappa shape index (κ1) is 17.9. The van der Waals surface area contributed by atoms with Gasteiger partial charge in [0.2, 0.25) is 0 Å². The molecule has 28 heavy (non-hydrogen) atoms. The maximum Gasteiger partial charge on any atom is 0.324 e. The van der Waals surface area contributed by atoms with Gasteiger partial charge in [-0.2, -0.15) is 0 Å². The van der Waals surface area contributed by atoms with E-state index in [2.05, 4.69) is 15.6 Å². The Hall–Kier alpha value is -3.48. The third-order valence-electron chi connectivity index (χ3n) is 4.96. The van der Waals surface area contributed by atoms with Crippen LogP contribution in [0.1, 0.15) is 29.2 Å². The minimum Gasteiger partial charge on any atom is -0.324 e. The van der Waals surface area contributed by atoms with Crippen molar-refractivity contribution in [2.75, 3.05) is 13.1 Å². The number of carbonyl (C=O) groups is 2. The van der Waals surface area contributed by atoms with Crippen molar-refractivity contribution in [3.05, 3.63) is 72.4 Å². The predicted octanol–water partition coefficient (Wildman–Crippen LogP) is 3.13. The molecule has 0 atom stereocenters. The van der Waals surface area contributed by atoms with E-state index in [1.807, 2.05) is 47.3 Å². The number of hydrogen-bond donors (Lipinski definition) is 1. The highest BCUT2D eigenvalue weighted by Gasteiger charge is 2.26. The number of hydrogen-bond acceptors (Lipinski definition) is 4. The molecule has 4 rings (SSSR count). The normalized spacial score (nSPS) is 14.6. The van der Waals surface area contributed by atoms with Crippen molar-refractivity contribution in [1.82, 2.24) is 25.2 Å². The Kier molecular flexibility index (Phi) is 5.14. The van der Waals surface area contributed by atoms with Gasteiger partial charge in [-0.3, -0.25) is 10.1 Å². The number of nitrogens with one attached hydrogen (secondary N) is 1. The lowest BCUT2D eigenvalue weighted by Crippen LogP contribution is -2.46. The lowest BCUT2D eigenvalue weighted by Gasteiger charge is -2.31. The summed E-state index contributed by atoms with van der Waals surface area (Å²) in [7, 11) is 0. The zero-order chi connectivity index (χ0) is 19.3. The van der Waals surface area contributed by atoms with Gasteiger partial charge >= 0.3 is 6.03 Å². The first-order chi connectivity index (χ1) is 13.7. The number of aromatic nitrogens is 3. The van der Waals surface area contributed by atoms with Crippen LogP contribution in [0.25, 0.3) is 11.3 Å². The first-order valence-corrected chi connectivity index (χ1v) is 9.33. The number of amides is 3. The molecule has 1 aromatic heterocycles. The second-order valence-electron chi connectivity index (χ2n) is 6.79. The van der Waals surface area contributed by atoms with Crippen molar-refractivity contribution in [3.8, 4) is 11.3 Å². The SMILES string of the molecule is O=C(NC(=O)N1CCC(n2cc(-c3ccccc3)nn2)CC1)c1ccccc1. The summed E-state index contributed by atoms with van der Waals surface area (Å²) in [6.07, 6.45) is 3.49. The molecule has 0 unspecified atom stereocenters. The molecule has 0 bridgehead atoms. The van der Waals surface area contributed by atoms with E-state index in [1.165, 1.54) is 0 Å². The predicted molar refractivity (Wildman–Crippen MR) is 105 cm³/mol. The van der Waals surface area contributed by atoms with E-state index in [-0.39, 0.29) is 18.0 Å². The largest absolute Gasteiger partial charge is 0.324 e. The fraction of sp³-hybridized carbons (Fsp3) is 0.238. The molecule has 3 aromatic rings. The molecule has 1 N–H and O–H groups in total. The molecule has 0 aliphatic carbocycles. The monoisotopic (exact) mass is 375 g/mol. The van der Waals surface area contributed by atoms with E-state index in [9.17, 15) is 9.59 Å². The number of nitrogens with zero attached hydrogens (tertiary/aromatic N) is 4. The van der Waals surface area contributed by atoms with Gasteiger partial charge in [0.1, 0.15) is 5.69 Å².